The Balaban J connectivity index is 3.97. The summed E-state index contributed by atoms with van der Waals surface area (Å²) in [6, 6.07) is 0. The number of hydrogen-bond donors (Lipinski definition) is 0. The summed E-state index contributed by atoms with van der Waals surface area (Å²) >= 11 is 0. The summed E-state index contributed by atoms with van der Waals surface area (Å²) in [5, 5.41) is 0. The molecule has 0 aromatic heterocycles. The Morgan fingerprint density at radius 1 is 0.253 bits per heavy atom. The molecule has 0 saturated heterocycles. The first-order valence-electron chi connectivity index (χ1n) is 35.7. The van der Waals surface area contributed by atoms with Crippen molar-refractivity contribution in [3.8, 4) is 0 Å². The standard InChI is InChI=1S/C77H134O6/c1-4-7-10-13-15-17-19-21-23-25-27-29-31-33-35-37-38-40-41-43-45-47-49-51-53-55-57-59-61-64-67-70-76(79)82-73-74(72-81-75(78)69-66-63-12-9-6-3)83-77(80)71-68-65-62-60-58-56-54-52-50-48-46-44-42-39-36-34-32-30-28-26-24-22-20-18-16-14-11-8-5-2/h7,10,15,17,20-23,26-29,33,35,38,40,74H,4-6,8-9,11-14,16,18-19,24-25,30-32,34,36-37,39,41-73H2,1-3H3/b10-7-,17-15-,22-20-,23-21-,28-26-,29-27-,35-33-,40-38-. The van der Waals surface area contributed by atoms with Crippen molar-refractivity contribution < 1.29 is 28.6 Å². The Morgan fingerprint density at radius 2 is 0.470 bits per heavy atom. The van der Waals surface area contributed by atoms with Crippen LogP contribution in [0, 0.1) is 0 Å². The number of unbranched alkanes of at least 4 members (excludes halogenated alkanes) is 38. The average Bonchev–Trinajstić information content (AvgIpc) is 3.49. The summed E-state index contributed by atoms with van der Waals surface area (Å²) in [6.07, 6.45) is 96.4. The molecule has 0 spiro atoms. The quantitative estimate of drug-likeness (QED) is 0.0261. The lowest BCUT2D eigenvalue weighted by Crippen LogP contribution is -2.30. The molecule has 0 radical (unpaired) electrons. The van der Waals surface area contributed by atoms with Crippen LogP contribution in [0.15, 0.2) is 97.2 Å². The first kappa shape index (κ1) is 79.3. The molecule has 1 atom stereocenters. The van der Waals surface area contributed by atoms with Crippen LogP contribution in [0.4, 0.5) is 0 Å². The van der Waals surface area contributed by atoms with Crippen molar-refractivity contribution in [2.75, 3.05) is 13.2 Å². The summed E-state index contributed by atoms with van der Waals surface area (Å²) in [6.45, 7) is 6.47. The molecule has 0 aliphatic carbocycles. The van der Waals surface area contributed by atoms with Crippen LogP contribution < -0.4 is 0 Å². The van der Waals surface area contributed by atoms with E-state index in [1.54, 1.807) is 0 Å². The molecule has 0 saturated carbocycles. The van der Waals surface area contributed by atoms with Gasteiger partial charge in [0.25, 0.3) is 0 Å². The smallest absolute Gasteiger partial charge is 0.306 e. The second-order valence-corrected chi connectivity index (χ2v) is 23.8. The van der Waals surface area contributed by atoms with Crippen molar-refractivity contribution in [1.82, 2.24) is 0 Å². The second-order valence-electron chi connectivity index (χ2n) is 23.8. The van der Waals surface area contributed by atoms with Crippen molar-refractivity contribution in [3.05, 3.63) is 97.2 Å². The van der Waals surface area contributed by atoms with Gasteiger partial charge in [0.1, 0.15) is 13.2 Å². The first-order chi connectivity index (χ1) is 41.0. The van der Waals surface area contributed by atoms with Gasteiger partial charge in [-0.1, -0.05) is 330 Å². The normalized spacial score (nSPS) is 12.7. The summed E-state index contributed by atoms with van der Waals surface area (Å²) in [7, 11) is 0. The van der Waals surface area contributed by atoms with Gasteiger partial charge in [-0.3, -0.25) is 14.4 Å². The molecule has 0 N–H and O–H groups in total. The molecule has 0 aromatic rings. The maximum atomic E-state index is 12.9. The minimum absolute atomic E-state index is 0.0749. The van der Waals surface area contributed by atoms with Gasteiger partial charge in [-0.2, -0.15) is 0 Å². The lowest BCUT2D eigenvalue weighted by Gasteiger charge is -2.18. The molecule has 0 aromatic carbocycles. The van der Waals surface area contributed by atoms with E-state index in [-0.39, 0.29) is 31.1 Å². The van der Waals surface area contributed by atoms with Crippen LogP contribution in [0.5, 0.6) is 0 Å². The topological polar surface area (TPSA) is 78.9 Å². The SMILES string of the molecule is CC/C=C\C/C=C\C/C=C\C/C=C\C/C=C\C/C=C\CCCCCCCCCCCCCCC(=O)OCC(COC(=O)CCCCCCC)OC(=O)CCCCCCCCCCCCCCCCCCC/C=C\C/C=C\CCCCCCC. The predicted molar refractivity (Wildman–Crippen MR) is 362 cm³/mol. The van der Waals surface area contributed by atoms with Gasteiger partial charge in [0.05, 0.1) is 0 Å². The van der Waals surface area contributed by atoms with Crippen molar-refractivity contribution in [1.29, 1.82) is 0 Å². The minimum atomic E-state index is -0.774. The van der Waals surface area contributed by atoms with Gasteiger partial charge in [-0.25, -0.2) is 0 Å². The predicted octanol–water partition coefficient (Wildman–Crippen LogP) is 24.8. The van der Waals surface area contributed by atoms with Gasteiger partial charge < -0.3 is 14.2 Å². The fourth-order valence-electron chi connectivity index (χ4n) is 10.2. The lowest BCUT2D eigenvalue weighted by molar-refractivity contribution is -0.167. The molecule has 0 bridgehead atoms. The zero-order valence-corrected chi connectivity index (χ0v) is 54.9. The maximum absolute atomic E-state index is 12.9. The third-order valence-electron chi connectivity index (χ3n) is 15.6. The highest BCUT2D eigenvalue weighted by atomic mass is 16.6. The van der Waals surface area contributed by atoms with E-state index < -0.39 is 6.10 Å². The van der Waals surface area contributed by atoms with E-state index in [0.717, 1.165) is 109 Å². The van der Waals surface area contributed by atoms with Gasteiger partial charge in [0.2, 0.25) is 0 Å². The molecule has 83 heavy (non-hydrogen) atoms. The van der Waals surface area contributed by atoms with Crippen LogP contribution in [0.2, 0.25) is 0 Å². The highest BCUT2D eigenvalue weighted by Crippen LogP contribution is 2.18. The Hall–Kier alpha value is -3.67. The zero-order chi connectivity index (χ0) is 59.9. The van der Waals surface area contributed by atoms with Gasteiger partial charge in [-0.05, 0) is 103 Å². The highest BCUT2D eigenvalue weighted by molar-refractivity contribution is 5.71. The van der Waals surface area contributed by atoms with Crippen molar-refractivity contribution in [3.63, 3.8) is 0 Å². The summed E-state index contributed by atoms with van der Waals surface area (Å²) < 4.78 is 16.8. The Labute approximate surface area is 515 Å². The Bertz CT molecular complexity index is 1610. The van der Waals surface area contributed by atoms with Crippen LogP contribution in [0.1, 0.15) is 355 Å². The molecule has 0 aliphatic heterocycles. The van der Waals surface area contributed by atoms with Crippen molar-refractivity contribution in [2.45, 2.75) is 361 Å². The zero-order valence-electron chi connectivity index (χ0n) is 54.9. The average molecular weight is 1160 g/mol. The molecule has 0 fully saturated rings. The first-order valence-corrected chi connectivity index (χ1v) is 35.7. The summed E-state index contributed by atoms with van der Waals surface area (Å²) in [5.41, 5.74) is 0. The summed E-state index contributed by atoms with van der Waals surface area (Å²) in [5.74, 6) is -0.876. The third kappa shape index (κ3) is 69.0. The molecular weight excluding hydrogens is 1020 g/mol. The fourth-order valence-corrected chi connectivity index (χ4v) is 10.2. The van der Waals surface area contributed by atoms with E-state index in [1.165, 1.54) is 205 Å². The second kappa shape index (κ2) is 70.8. The maximum Gasteiger partial charge on any atom is 0.306 e. The van der Waals surface area contributed by atoms with Crippen molar-refractivity contribution >= 4 is 17.9 Å². The molecule has 6 nitrogen and oxygen atoms in total. The van der Waals surface area contributed by atoms with E-state index in [0.29, 0.717) is 19.3 Å². The minimum Gasteiger partial charge on any atom is -0.462 e. The number of allylic oxidation sites excluding steroid dienone is 16. The van der Waals surface area contributed by atoms with Crippen molar-refractivity contribution in [2.24, 2.45) is 0 Å². The van der Waals surface area contributed by atoms with Gasteiger partial charge >= 0.3 is 17.9 Å². The molecular formula is C77H134O6. The number of esters is 3. The number of hydrogen-bond acceptors (Lipinski definition) is 6. The van der Waals surface area contributed by atoms with Gasteiger partial charge in [0, 0.05) is 19.3 Å². The molecule has 0 rings (SSSR count). The fraction of sp³-hybridized carbons (Fsp3) is 0.753. The van der Waals surface area contributed by atoms with Gasteiger partial charge in [-0.15, -0.1) is 0 Å². The molecule has 0 aliphatic rings. The van der Waals surface area contributed by atoms with Crippen LogP contribution in [-0.2, 0) is 28.6 Å². The monoisotopic (exact) mass is 1160 g/mol. The largest absolute Gasteiger partial charge is 0.462 e. The highest BCUT2D eigenvalue weighted by Gasteiger charge is 2.19. The number of carbonyl (C=O) groups is 3. The van der Waals surface area contributed by atoms with Crippen LogP contribution >= 0.6 is 0 Å². The lowest BCUT2D eigenvalue weighted by atomic mass is 10.0. The Morgan fingerprint density at radius 3 is 0.735 bits per heavy atom. The van der Waals surface area contributed by atoms with Gasteiger partial charge in [0.15, 0.2) is 6.10 Å². The van der Waals surface area contributed by atoms with E-state index in [9.17, 15) is 14.4 Å². The van der Waals surface area contributed by atoms with Crippen LogP contribution in [0.25, 0.3) is 0 Å². The van der Waals surface area contributed by atoms with Crippen LogP contribution in [0.3, 0.4) is 0 Å². The van der Waals surface area contributed by atoms with Crippen LogP contribution in [-0.4, -0.2) is 37.2 Å². The molecule has 1 unspecified atom stereocenters. The van der Waals surface area contributed by atoms with E-state index >= 15 is 0 Å². The Kier molecular flexibility index (Phi) is 67.7. The van der Waals surface area contributed by atoms with E-state index in [1.807, 2.05) is 0 Å². The van der Waals surface area contributed by atoms with E-state index in [2.05, 4.69) is 118 Å². The number of rotatable bonds is 65. The molecule has 478 valence electrons. The van der Waals surface area contributed by atoms with E-state index in [4.69, 9.17) is 14.2 Å². The number of ether oxygens (including phenoxy) is 3. The molecule has 0 heterocycles. The number of carbonyl (C=O) groups excluding carboxylic acids is 3. The summed E-state index contributed by atoms with van der Waals surface area (Å²) in [4.78, 5) is 38.0. The molecule has 6 heteroatoms. The third-order valence-corrected chi connectivity index (χ3v) is 15.6. The molecule has 0 amide bonds.